The number of anilines is 1. The number of aliphatic hydroxyl groups is 1. The van der Waals surface area contributed by atoms with Gasteiger partial charge in [0.15, 0.2) is 33.2 Å². The van der Waals surface area contributed by atoms with Crippen LogP contribution >= 0.6 is 19.8 Å². The molecule has 3 heterocycles. The number of imidazole rings is 1. The van der Waals surface area contributed by atoms with E-state index in [-0.39, 0.29) is 28.3 Å². The molecule has 8 atom stereocenters. The largest absolute Gasteiger partial charge is 0.414 e. The maximum absolute atomic E-state index is 11.6. The summed E-state index contributed by atoms with van der Waals surface area (Å²) in [5, 5.41) is 11.6. The molecule has 2 aliphatic rings. The second-order valence-electron chi connectivity index (χ2n) is 12.8. The second kappa shape index (κ2) is 12.0. The number of nitrogens with two attached hydrogens (primary N) is 1. The lowest BCUT2D eigenvalue weighted by molar-refractivity contribution is -0.0485. The highest BCUT2D eigenvalue weighted by Gasteiger charge is 2.49. The smallest absolute Gasteiger partial charge is 0.192 e. The maximum atomic E-state index is 11.6. The predicted octanol–water partition coefficient (Wildman–Crippen LogP) is 5.03. The zero-order valence-electron chi connectivity index (χ0n) is 24.5. The first-order valence-electron chi connectivity index (χ1n) is 13.7. The van der Waals surface area contributed by atoms with Crippen LogP contribution in [0.2, 0.25) is 18.1 Å². The third-order valence-corrected chi connectivity index (χ3v) is 15.3. The SMILES string of the molecule is C=C(C)[C@H]1CC[C@@](C)(S)[C@H](O[PH](=S)O[C@H]2[C@@H](O)[C@H](n3cnc4c(N)ncnc43)O[C@@H]2CO[Si](C)(C)C(C)(C)C)C1. The summed E-state index contributed by atoms with van der Waals surface area (Å²) in [6, 6.07) is 0. The van der Waals surface area contributed by atoms with Gasteiger partial charge in [-0.2, -0.15) is 12.6 Å². The third-order valence-electron chi connectivity index (χ3n) is 8.74. The zero-order valence-corrected chi connectivity index (χ0v) is 28.2. The molecule has 14 heteroatoms. The number of ether oxygens (including phenoxy) is 1. The predicted molar refractivity (Wildman–Crippen MR) is 168 cm³/mol. The Labute approximate surface area is 249 Å². The lowest BCUT2D eigenvalue weighted by Gasteiger charge is -2.41. The van der Waals surface area contributed by atoms with E-state index in [1.165, 1.54) is 6.33 Å². The fourth-order valence-electron chi connectivity index (χ4n) is 4.93. The van der Waals surface area contributed by atoms with E-state index in [0.29, 0.717) is 17.1 Å². The van der Waals surface area contributed by atoms with Crippen molar-refractivity contribution >= 4 is 56.9 Å². The molecule has 2 aromatic heterocycles. The van der Waals surface area contributed by atoms with Gasteiger partial charge in [-0.1, -0.05) is 32.9 Å². The molecule has 3 N–H and O–H groups in total. The molecule has 0 spiro atoms. The Bertz CT molecular complexity index is 1260. The first-order valence-corrected chi connectivity index (χ1v) is 19.5. The van der Waals surface area contributed by atoms with Crippen LogP contribution in [0.1, 0.15) is 60.1 Å². The minimum absolute atomic E-state index is 0.00286. The van der Waals surface area contributed by atoms with Crippen LogP contribution in [0.25, 0.3) is 11.2 Å². The molecule has 224 valence electrons. The highest BCUT2D eigenvalue weighted by molar-refractivity contribution is 8.00. The molecule has 2 aromatic rings. The Hall–Kier alpha value is -0.893. The fraction of sp³-hybridized carbons (Fsp3) is 0.731. The summed E-state index contributed by atoms with van der Waals surface area (Å²) in [5.74, 6) is 0.608. The van der Waals surface area contributed by atoms with Crippen molar-refractivity contribution in [2.75, 3.05) is 12.3 Å². The number of fused-ring (bicyclic) bond motifs is 1. The quantitative estimate of drug-likeness (QED) is 0.150. The minimum atomic E-state index is -2.23. The van der Waals surface area contributed by atoms with Gasteiger partial charge in [0.05, 0.1) is 19.0 Å². The summed E-state index contributed by atoms with van der Waals surface area (Å²) in [5.41, 5.74) is 8.02. The van der Waals surface area contributed by atoms with Crippen molar-refractivity contribution in [3.8, 4) is 0 Å². The molecular formula is C26H44N5O5PS2Si. The van der Waals surface area contributed by atoms with E-state index in [1.54, 1.807) is 10.9 Å². The van der Waals surface area contributed by atoms with Gasteiger partial charge in [-0.05, 0) is 69.0 Å². The van der Waals surface area contributed by atoms with E-state index in [0.717, 1.165) is 24.8 Å². The van der Waals surface area contributed by atoms with Crippen molar-refractivity contribution in [2.24, 2.45) is 5.92 Å². The zero-order chi connectivity index (χ0) is 29.6. The van der Waals surface area contributed by atoms with Crippen LogP contribution in [0.5, 0.6) is 0 Å². The van der Waals surface area contributed by atoms with Gasteiger partial charge in [-0.25, -0.2) is 15.0 Å². The summed E-state index contributed by atoms with van der Waals surface area (Å²) in [7, 11) is -4.34. The minimum Gasteiger partial charge on any atom is -0.414 e. The van der Waals surface area contributed by atoms with Gasteiger partial charge in [0.25, 0.3) is 0 Å². The van der Waals surface area contributed by atoms with Crippen LogP contribution in [0.3, 0.4) is 0 Å². The number of nitrogen functional groups attached to an aromatic ring is 1. The van der Waals surface area contributed by atoms with Gasteiger partial charge < -0.3 is 29.1 Å². The normalized spacial score (nSPS) is 32.4. The highest BCUT2D eigenvalue weighted by Crippen LogP contribution is 2.47. The summed E-state index contributed by atoms with van der Waals surface area (Å²) in [6.45, 7) is 19.4. The molecule has 1 unspecified atom stereocenters. The first-order chi connectivity index (χ1) is 18.5. The molecule has 2 fully saturated rings. The van der Waals surface area contributed by atoms with Gasteiger partial charge in [0, 0.05) is 4.75 Å². The van der Waals surface area contributed by atoms with E-state index >= 15 is 0 Å². The molecule has 0 aromatic carbocycles. The van der Waals surface area contributed by atoms with Crippen molar-refractivity contribution < 1.29 is 23.3 Å². The van der Waals surface area contributed by atoms with Gasteiger partial charge in [0.1, 0.15) is 30.2 Å². The van der Waals surface area contributed by atoms with Gasteiger partial charge in [-0.15, -0.1) is 0 Å². The molecule has 10 nitrogen and oxygen atoms in total. The Morgan fingerprint density at radius 2 is 2.05 bits per heavy atom. The van der Waals surface area contributed by atoms with E-state index in [2.05, 4.69) is 69.2 Å². The van der Waals surface area contributed by atoms with Gasteiger partial charge >= 0.3 is 0 Å². The van der Waals surface area contributed by atoms with Crippen molar-refractivity contribution in [3.05, 3.63) is 24.8 Å². The van der Waals surface area contributed by atoms with Crippen LogP contribution in [0.15, 0.2) is 24.8 Å². The van der Waals surface area contributed by atoms with Gasteiger partial charge in [-0.3, -0.25) is 4.57 Å². The first kappa shape index (κ1) is 32.0. The molecule has 0 amide bonds. The van der Waals surface area contributed by atoms with Crippen LogP contribution < -0.4 is 5.73 Å². The van der Waals surface area contributed by atoms with Crippen molar-refractivity contribution in [1.82, 2.24) is 19.5 Å². The lowest BCUT2D eigenvalue weighted by atomic mass is 9.77. The van der Waals surface area contributed by atoms with Crippen LogP contribution in [0, 0.1) is 5.92 Å². The number of hydrogen-bond donors (Lipinski definition) is 3. The molecule has 1 saturated carbocycles. The highest BCUT2D eigenvalue weighted by atomic mass is 32.4. The Morgan fingerprint density at radius 3 is 2.70 bits per heavy atom. The Balaban J connectivity index is 1.56. The molecule has 4 rings (SSSR count). The average molecular weight is 630 g/mol. The molecule has 1 aliphatic carbocycles. The van der Waals surface area contributed by atoms with Crippen LogP contribution in [-0.4, -0.2) is 68.7 Å². The Morgan fingerprint density at radius 1 is 1.35 bits per heavy atom. The van der Waals surface area contributed by atoms with E-state index in [4.69, 9.17) is 48.4 Å². The summed E-state index contributed by atoms with van der Waals surface area (Å²) >= 11 is 10.7. The summed E-state index contributed by atoms with van der Waals surface area (Å²) < 4.78 is 26.9. The van der Waals surface area contributed by atoms with Crippen LogP contribution in [-0.2, 0) is 30.0 Å². The number of aliphatic hydroxyl groups excluding tert-OH is 1. The van der Waals surface area contributed by atoms with Gasteiger partial charge in [0.2, 0.25) is 0 Å². The van der Waals surface area contributed by atoms with Crippen molar-refractivity contribution in [1.29, 1.82) is 0 Å². The molecule has 40 heavy (non-hydrogen) atoms. The number of hydrogen-bond acceptors (Lipinski definition) is 11. The number of nitrogens with zero attached hydrogens (tertiary/aromatic N) is 4. The monoisotopic (exact) mass is 629 g/mol. The van der Waals surface area contributed by atoms with Crippen molar-refractivity contribution in [3.63, 3.8) is 0 Å². The Kier molecular flexibility index (Phi) is 9.61. The third kappa shape index (κ3) is 6.68. The molecular weight excluding hydrogens is 586 g/mol. The van der Waals surface area contributed by atoms with E-state index < -0.39 is 40.0 Å². The fourth-order valence-corrected chi connectivity index (χ4v) is 8.17. The number of allylic oxidation sites excluding steroid dienone is 1. The number of rotatable bonds is 9. The van der Waals surface area contributed by atoms with E-state index in [9.17, 15) is 5.11 Å². The standard InChI is InChI=1S/C26H44N5O5PS2Si/c1-15(2)16-9-10-26(6,38)18(11-16)35-37(39)36-21-17(12-33-40(7,8)25(3,4)5)34-24(20(21)32)31-14-30-19-22(27)28-13-29-23(19)31/h13-14,16-18,20-21,24,32,37-38H,1,9-12H2,2-8H3,(H2,27,28,29)/t16-,17+,18+,20+,21+,24+,26+/m0/s1. The lowest BCUT2D eigenvalue weighted by Crippen LogP contribution is -2.45. The van der Waals surface area contributed by atoms with Crippen LogP contribution in [0.4, 0.5) is 5.82 Å². The second-order valence-corrected chi connectivity index (χ2v) is 20.6. The van der Waals surface area contributed by atoms with Crippen molar-refractivity contribution in [2.45, 2.75) is 107 Å². The maximum Gasteiger partial charge on any atom is 0.192 e. The molecule has 1 saturated heterocycles. The molecule has 0 radical (unpaired) electrons. The average Bonchev–Trinajstić information content (AvgIpc) is 3.40. The topological polar surface area (TPSA) is 127 Å². The number of aromatic nitrogens is 4. The summed E-state index contributed by atoms with van der Waals surface area (Å²) in [6.07, 6.45) is 2.14. The molecule has 0 bridgehead atoms. The molecule has 1 aliphatic heterocycles. The number of thiol groups is 1. The summed E-state index contributed by atoms with van der Waals surface area (Å²) in [4.78, 5) is 12.7. The van der Waals surface area contributed by atoms with E-state index in [1.807, 2.05) is 0 Å².